The largest absolute Gasteiger partial charge is 0.363 e. The summed E-state index contributed by atoms with van der Waals surface area (Å²) < 4.78 is 0. The molecule has 1 radical (unpaired) electrons. The van der Waals surface area contributed by atoms with Gasteiger partial charge in [0.2, 0.25) is 0 Å². The Hall–Kier alpha value is -1.83. The molecule has 75 valence electrons. The Kier molecular flexibility index (Phi) is 2.68. The van der Waals surface area contributed by atoms with Crippen molar-refractivity contribution in [1.82, 2.24) is 4.98 Å². The summed E-state index contributed by atoms with van der Waals surface area (Å²) >= 11 is 0. The van der Waals surface area contributed by atoms with E-state index in [1.807, 2.05) is 55.5 Å². The number of pyridine rings is 1. The third kappa shape index (κ3) is 2.15. The molecule has 2 heteroatoms. The third-order valence-corrected chi connectivity index (χ3v) is 2.23. The van der Waals surface area contributed by atoms with E-state index >= 15 is 0 Å². The van der Waals surface area contributed by atoms with E-state index in [0.717, 1.165) is 16.9 Å². The molecule has 1 aromatic heterocycles. The summed E-state index contributed by atoms with van der Waals surface area (Å²) in [7, 11) is 3.97. The SMILES string of the molecule is CN(C)c1ccc(-c2[c]cccc2)cn1. The number of nitrogens with zero attached hydrogens (tertiary/aromatic N) is 2. The fourth-order valence-corrected chi connectivity index (χ4v) is 1.38. The molecule has 15 heavy (non-hydrogen) atoms. The van der Waals surface area contributed by atoms with Crippen molar-refractivity contribution in [3.05, 3.63) is 48.7 Å². The Morgan fingerprint density at radius 3 is 2.53 bits per heavy atom. The molecule has 0 aliphatic heterocycles. The molecule has 0 saturated carbocycles. The molecule has 0 spiro atoms. The van der Waals surface area contributed by atoms with Gasteiger partial charge in [0.1, 0.15) is 5.82 Å². The second-order valence-electron chi connectivity index (χ2n) is 3.58. The van der Waals surface area contributed by atoms with Crippen molar-refractivity contribution in [1.29, 1.82) is 0 Å². The molecule has 0 aliphatic carbocycles. The summed E-state index contributed by atoms with van der Waals surface area (Å²) in [5.74, 6) is 0.967. The molecule has 0 bridgehead atoms. The van der Waals surface area contributed by atoms with Crippen LogP contribution in [-0.2, 0) is 0 Å². The molecule has 0 aliphatic rings. The summed E-state index contributed by atoms with van der Waals surface area (Å²) in [6.45, 7) is 0. The maximum absolute atomic E-state index is 4.36. The molecular formula is C13H13N2. The van der Waals surface area contributed by atoms with Gasteiger partial charge in [0.15, 0.2) is 0 Å². The Labute approximate surface area is 90.2 Å². The predicted octanol–water partition coefficient (Wildman–Crippen LogP) is 2.61. The van der Waals surface area contributed by atoms with Crippen molar-refractivity contribution in [3.63, 3.8) is 0 Å². The molecule has 0 atom stereocenters. The van der Waals surface area contributed by atoms with Crippen LogP contribution in [0.3, 0.4) is 0 Å². The van der Waals surface area contributed by atoms with E-state index in [1.54, 1.807) is 0 Å². The summed E-state index contributed by atoms with van der Waals surface area (Å²) in [6, 6.07) is 15.2. The van der Waals surface area contributed by atoms with Gasteiger partial charge in [0, 0.05) is 25.9 Å². The highest BCUT2D eigenvalue weighted by Gasteiger charge is 1.99. The quantitative estimate of drug-likeness (QED) is 0.735. The van der Waals surface area contributed by atoms with E-state index in [0.29, 0.717) is 0 Å². The summed E-state index contributed by atoms with van der Waals surface area (Å²) in [4.78, 5) is 6.35. The van der Waals surface area contributed by atoms with E-state index in [2.05, 4.69) is 17.1 Å². The number of benzene rings is 1. The van der Waals surface area contributed by atoms with Crippen molar-refractivity contribution in [2.45, 2.75) is 0 Å². The molecule has 2 rings (SSSR count). The summed E-state index contributed by atoms with van der Waals surface area (Å²) in [5, 5.41) is 0. The first kappa shape index (κ1) is 9.71. The standard InChI is InChI=1S/C13H13N2/c1-15(2)13-9-8-12(10-14-13)11-6-4-3-5-7-11/h3-6,8-10H,1-2H3. The Morgan fingerprint density at radius 1 is 1.13 bits per heavy atom. The molecule has 0 unspecified atom stereocenters. The minimum Gasteiger partial charge on any atom is -0.363 e. The minimum absolute atomic E-state index is 0.967. The summed E-state index contributed by atoms with van der Waals surface area (Å²) in [5.41, 5.74) is 2.18. The predicted molar refractivity (Wildman–Crippen MR) is 62.8 cm³/mol. The fraction of sp³-hybridized carbons (Fsp3) is 0.154. The maximum atomic E-state index is 4.36. The van der Waals surface area contributed by atoms with Crippen LogP contribution in [0.2, 0.25) is 0 Å². The second-order valence-corrected chi connectivity index (χ2v) is 3.58. The molecule has 0 fully saturated rings. The van der Waals surface area contributed by atoms with Crippen LogP contribution in [0.25, 0.3) is 11.1 Å². The normalized spacial score (nSPS) is 10.0. The van der Waals surface area contributed by atoms with Crippen LogP contribution in [0.4, 0.5) is 5.82 Å². The molecule has 1 heterocycles. The molecule has 0 saturated heterocycles. The smallest absolute Gasteiger partial charge is 0.127 e. The molecule has 0 amide bonds. The van der Waals surface area contributed by atoms with Crippen LogP contribution in [0, 0.1) is 6.07 Å². The van der Waals surface area contributed by atoms with Crippen molar-refractivity contribution in [2.75, 3.05) is 19.0 Å². The van der Waals surface area contributed by atoms with Crippen molar-refractivity contribution >= 4 is 5.82 Å². The minimum atomic E-state index is 0.967. The van der Waals surface area contributed by atoms with Gasteiger partial charge in [0.05, 0.1) is 0 Å². The lowest BCUT2D eigenvalue weighted by atomic mass is 10.1. The van der Waals surface area contributed by atoms with Gasteiger partial charge in [-0.1, -0.05) is 24.3 Å². The van der Waals surface area contributed by atoms with Gasteiger partial charge >= 0.3 is 0 Å². The van der Waals surface area contributed by atoms with Gasteiger partial charge in [-0.25, -0.2) is 4.98 Å². The number of hydrogen-bond acceptors (Lipinski definition) is 2. The first-order valence-corrected chi connectivity index (χ1v) is 4.88. The van der Waals surface area contributed by atoms with Crippen molar-refractivity contribution in [2.24, 2.45) is 0 Å². The van der Waals surface area contributed by atoms with Crippen LogP contribution >= 0.6 is 0 Å². The van der Waals surface area contributed by atoms with Gasteiger partial charge < -0.3 is 4.90 Å². The number of aromatic nitrogens is 1. The monoisotopic (exact) mass is 197 g/mol. The van der Waals surface area contributed by atoms with Crippen LogP contribution in [-0.4, -0.2) is 19.1 Å². The lowest BCUT2D eigenvalue weighted by Gasteiger charge is -2.11. The first-order valence-electron chi connectivity index (χ1n) is 4.88. The number of hydrogen-bond donors (Lipinski definition) is 0. The highest BCUT2D eigenvalue weighted by molar-refractivity contribution is 5.62. The second kappa shape index (κ2) is 4.13. The fourth-order valence-electron chi connectivity index (χ4n) is 1.38. The van der Waals surface area contributed by atoms with E-state index < -0.39 is 0 Å². The van der Waals surface area contributed by atoms with Crippen molar-refractivity contribution < 1.29 is 0 Å². The average molecular weight is 197 g/mol. The Balaban J connectivity index is 2.32. The maximum Gasteiger partial charge on any atom is 0.127 e. The Bertz CT molecular complexity index is 418. The van der Waals surface area contributed by atoms with Gasteiger partial charge in [-0.05, 0) is 23.8 Å². The van der Waals surface area contributed by atoms with Crippen molar-refractivity contribution in [3.8, 4) is 11.1 Å². The van der Waals surface area contributed by atoms with E-state index in [9.17, 15) is 0 Å². The summed E-state index contributed by atoms with van der Waals surface area (Å²) in [6.07, 6.45) is 1.88. The molecule has 2 nitrogen and oxygen atoms in total. The zero-order valence-electron chi connectivity index (χ0n) is 8.94. The van der Waals surface area contributed by atoms with Crippen LogP contribution in [0.1, 0.15) is 0 Å². The highest BCUT2D eigenvalue weighted by atomic mass is 15.1. The lowest BCUT2D eigenvalue weighted by molar-refractivity contribution is 1.07. The first-order chi connectivity index (χ1) is 7.27. The zero-order valence-corrected chi connectivity index (χ0v) is 8.94. The van der Waals surface area contributed by atoms with E-state index in [1.165, 1.54) is 0 Å². The van der Waals surface area contributed by atoms with Gasteiger partial charge in [0.25, 0.3) is 0 Å². The van der Waals surface area contributed by atoms with E-state index in [4.69, 9.17) is 0 Å². The number of rotatable bonds is 2. The lowest BCUT2D eigenvalue weighted by Crippen LogP contribution is -2.09. The average Bonchev–Trinajstić information content (AvgIpc) is 2.30. The van der Waals surface area contributed by atoms with Gasteiger partial charge in [-0.15, -0.1) is 0 Å². The Morgan fingerprint density at radius 2 is 2.00 bits per heavy atom. The molecule has 0 N–H and O–H groups in total. The molecule has 1 aromatic carbocycles. The van der Waals surface area contributed by atoms with Gasteiger partial charge in [-0.2, -0.15) is 0 Å². The topological polar surface area (TPSA) is 16.1 Å². The molecule has 2 aromatic rings. The van der Waals surface area contributed by atoms with Crippen LogP contribution < -0.4 is 4.90 Å². The van der Waals surface area contributed by atoms with Crippen LogP contribution in [0.15, 0.2) is 42.6 Å². The van der Waals surface area contributed by atoms with Gasteiger partial charge in [-0.3, -0.25) is 0 Å². The highest BCUT2D eigenvalue weighted by Crippen LogP contribution is 2.18. The molecular weight excluding hydrogens is 184 g/mol. The van der Waals surface area contributed by atoms with Crippen LogP contribution in [0.5, 0.6) is 0 Å². The zero-order chi connectivity index (χ0) is 10.7. The third-order valence-electron chi connectivity index (χ3n) is 2.23. The number of anilines is 1. The van der Waals surface area contributed by atoms with E-state index in [-0.39, 0.29) is 0 Å².